The summed E-state index contributed by atoms with van der Waals surface area (Å²) in [5, 5.41) is 12.0. The van der Waals surface area contributed by atoms with E-state index in [1.165, 1.54) is 4.90 Å². The van der Waals surface area contributed by atoms with E-state index < -0.39 is 29.4 Å². The van der Waals surface area contributed by atoms with E-state index in [4.69, 9.17) is 9.47 Å². The van der Waals surface area contributed by atoms with E-state index in [1.54, 1.807) is 61.7 Å². The number of ether oxygens (including phenoxy) is 2. The summed E-state index contributed by atoms with van der Waals surface area (Å²) in [4.78, 5) is 40.2. The van der Waals surface area contributed by atoms with E-state index in [1.807, 2.05) is 19.1 Å². The van der Waals surface area contributed by atoms with Crippen LogP contribution in [0.5, 0.6) is 11.5 Å². The lowest BCUT2D eigenvalue weighted by atomic mass is 9.94. The zero-order valence-corrected chi connectivity index (χ0v) is 25.0. The molecule has 2 amide bonds. The van der Waals surface area contributed by atoms with Gasteiger partial charge in [-0.2, -0.15) is 0 Å². The first kappa shape index (κ1) is 32.7. The number of rotatable bonds is 14. The molecule has 0 aliphatic rings. The van der Waals surface area contributed by atoms with Gasteiger partial charge in [0.15, 0.2) is 11.5 Å². The van der Waals surface area contributed by atoms with E-state index in [0.717, 1.165) is 23.8 Å². The average Bonchev–Trinajstić information content (AvgIpc) is 3.05. The molecule has 0 bridgehead atoms. The number of carbonyl (C=O) groups excluding carboxylic acids is 2. The number of nitrogens with zero attached hydrogens (tertiary/aromatic N) is 1. The largest absolute Gasteiger partial charge is 0.493 e. The Kier molecular flexibility index (Phi) is 11.2. The summed E-state index contributed by atoms with van der Waals surface area (Å²) in [5.74, 6) is -2.10. The molecule has 234 valence electrons. The van der Waals surface area contributed by atoms with Crippen LogP contribution in [-0.4, -0.2) is 54.6 Å². The van der Waals surface area contributed by atoms with Crippen molar-refractivity contribution in [3.8, 4) is 22.6 Å². The Morgan fingerprint density at radius 3 is 2.22 bits per heavy atom. The predicted octanol–water partition coefficient (Wildman–Crippen LogP) is 6.13. The monoisotopic (exact) mass is 616 g/mol. The van der Waals surface area contributed by atoms with Gasteiger partial charge in [-0.1, -0.05) is 42.5 Å². The third-order valence-corrected chi connectivity index (χ3v) is 7.15. The molecule has 4 aromatic rings. The number of carboxylic acid groups (broad SMARTS) is 1. The molecule has 0 saturated carbocycles. The van der Waals surface area contributed by atoms with Crippen molar-refractivity contribution in [2.45, 2.75) is 26.3 Å². The predicted molar refractivity (Wildman–Crippen MR) is 165 cm³/mol. The molecule has 45 heavy (non-hydrogen) atoms. The highest BCUT2D eigenvalue weighted by molar-refractivity contribution is 6.06. The molecule has 0 aromatic heterocycles. The molecule has 2 N–H and O–H groups in total. The maximum Gasteiger partial charge on any atom is 0.305 e. The Labute approximate surface area is 260 Å². The van der Waals surface area contributed by atoms with Crippen LogP contribution in [-0.2, 0) is 17.8 Å². The average molecular weight is 617 g/mol. The maximum absolute atomic E-state index is 14.1. The smallest absolute Gasteiger partial charge is 0.305 e. The van der Waals surface area contributed by atoms with Crippen molar-refractivity contribution in [1.29, 1.82) is 0 Å². The third kappa shape index (κ3) is 8.44. The van der Waals surface area contributed by atoms with Crippen LogP contribution >= 0.6 is 0 Å². The minimum absolute atomic E-state index is 0.00405. The fourth-order valence-corrected chi connectivity index (χ4v) is 4.89. The van der Waals surface area contributed by atoms with Gasteiger partial charge in [0.25, 0.3) is 11.8 Å². The number of nitrogens with one attached hydrogen (secondary N) is 1. The van der Waals surface area contributed by atoms with Crippen molar-refractivity contribution in [2.75, 3.05) is 26.8 Å². The standard InChI is InChI=1S/C35H34F2N2O6/c1-3-45-31-15-12-23(20-32(31)44-2)16-18-39(19-17-33(40)41)35(43)29-11-7-5-9-27(29)26-8-4-6-10-28(26)34(42)38-22-24-21-25(36)13-14-30(24)37/h4-15,20-21H,3,16-19,22H2,1-2H3,(H,38,42)(H,40,41). The van der Waals surface area contributed by atoms with Gasteiger partial charge in [-0.25, -0.2) is 8.78 Å². The summed E-state index contributed by atoms with van der Waals surface area (Å²) < 4.78 is 38.8. The number of amides is 2. The van der Waals surface area contributed by atoms with E-state index in [2.05, 4.69) is 5.32 Å². The lowest BCUT2D eigenvalue weighted by Gasteiger charge is -2.24. The van der Waals surface area contributed by atoms with Gasteiger partial charge in [0.05, 0.1) is 20.1 Å². The normalized spacial score (nSPS) is 10.7. The van der Waals surface area contributed by atoms with Crippen molar-refractivity contribution < 1.29 is 37.7 Å². The molecule has 0 aliphatic carbocycles. The second-order valence-electron chi connectivity index (χ2n) is 10.1. The van der Waals surface area contributed by atoms with Crippen LogP contribution in [0.25, 0.3) is 11.1 Å². The Morgan fingerprint density at radius 2 is 1.53 bits per heavy atom. The number of carbonyl (C=O) groups is 3. The minimum Gasteiger partial charge on any atom is -0.493 e. The topological polar surface area (TPSA) is 105 Å². The van der Waals surface area contributed by atoms with Crippen molar-refractivity contribution in [3.63, 3.8) is 0 Å². The number of benzene rings is 4. The highest BCUT2D eigenvalue weighted by Crippen LogP contribution is 2.30. The molecule has 4 rings (SSSR count). The first-order valence-corrected chi connectivity index (χ1v) is 14.4. The fraction of sp³-hybridized carbons (Fsp3) is 0.229. The Morgan fingerprint density at radius 1 is 0.844 bits per heavy atom. The quantitative estimate of drug-likeness (QED) is 0.177. The van der Waals surface area contributed by atoms with Crippen LogP contribution in [0.3, 0.4) is 0 Å². The Balaban J connectivity index is 1.60. The van der Waals surface area contributed by atoms with Crippen molar-refractivity contribution in [3.05, 3.63) is 119 Å². The van der Waals surface area contributed by atoms with Gasteiger partial charge in [0.2, 0.25) is 0 Å². The zero-order chi connectivity index (χ0) is 32.3. The van der Waals surface area contributed by atoms with Crippen LogP contribution < -0.4 is 14.8 Å². The van der Waals surface area contributed by atoms with Gasteiger partial charge in [0.1, 0.15) is 11.6 Å². The van der Waals surface area contributed by atoms with E-state index >= 15 is 0 Å². The summed E-state index contributed by atoms with van der Waals surface area (Å²) in [6.45, 7) is 2.30. The summed E-state index contributed by atoms with van der Waals surface area (Å²) in [6, 6.07) is 21.9. The lowest BCUT2D eigenvalue weighted by Crippen LogP contribution is -2.35. The van der Waals surface area contributed by atoms with Gasteiger partial charge in [-0.05, 0) is 72.5 Å². The molecule has 4 aromatic carbocycles. The fourth-order valence-electron chi connectivity index (χ4n) is 4.89. The van der Waals surface area contributed by atoms with Crippen LogP contribution in [0.15, 0.2) is 84.9 Å². The van der Waals surface area contributed by atoms with Crippen LogP contribution in [0, 0.1) is 11.6 Å². The third-order valence-electron chi connectivity index (χ3n) is 7.15. The highest BCUT2D eigenvalue weighted by Gasteiger charge is 2.23. The molecular weight excluding hydrogens is 582 g/mol. The molecule has 0 heterocycles. The SMILES string of the molecule is CCOc1ccc(CCN(CCC(=O)O)C(=O)c2ccccc2-c2ccccc2C(=O)NCc2cc(F)ccc2F)cc1OC. The van der Waals surface area contributed by atoms with Gasteiger partial charge in [-0.3, -0.25) is 14.4 Å². The number of carboxylic acids is 1. The molecule has 0 fully saturated rings. The first-order valence-electron chi connectivity index (χ1n) is 14.4. The van der Waals surface area contributed by atoms with Gasteiger partial charge < -0.3 is 24.8 Å². The molecule has 0 spiro atoms. The summed E-state index contributed by atoms with van der Waals surface area (Å²) in [5.41, 5.74) is 2.29. The molecular formula is C35H34F2N2O6. The molecule has 0 atom stereocenters. The number of hydrogen-bond acceptors (Lipinski definition) is 5. The molecule has 10 heteroatoms. The van der Waals surface area contributed by atoms with Crippen LogP contribution in [0.1, 0.15) is 45.2 Å². The second-order valence-corrected chi connectivity index (χ2v) is 10.1. The van der Waals surface area contributed by atoms with E-state index in [9.17, 15) is 28.3 Å². The summed E-state index contributed by atoms with van der Waals surface area (Å²) >= 11 is 0. The number of aliphatic carboxylic acids is 1. The van der Waals surface area contributed by atoms with Gasteiger partial charge in [-0.15, -0.1) is 0 Å². The van der Waals surface area contributed by atoms with Crippen LogP contribution in [0.2, 0.25) is 0 Å². The van der Waals surface area contributed by atoms with E-state index in [-0.39, 0.29) is 42.7 Å². The number of methoxy groups -OCH3 is 1. The van der Waals surface area contributed by atoms with Gasteiger partial charge >= 0.3 is 5.97 Å². The zero-order valence-electron chi connectivity index (χ0n) is 25.0. The molecule has 8 nitrogen and oxygen atoms in total. The maximum atomic E-state index is 14.1. The summed E-state index contributed by atoms with van der Waals surface area (Å²) in [7, 11) is 1.54. The number of halogens is 2. The number of hydrogen-bond donors (Lipinski definition) is 2. The van der Waals surface area contributed by atoms with E-state index in [0.29, 0.717) is 35.7 Å². The van der Waals surface area contributed by atoms with Crippen molar-refractivity contribution in [2.24, 2.45) is 0 Å². The highest BCUT2D eigenvalue weighted by atomic mass is 19.1. The lowest BCUT2D eigenvalue weighted by molar-refractivity contribution is -0.137. The Bertz CT molecular complexity index is 1680. The first-order chi connectivity index (χ1) is 21.7. The molecule has 0 radical (unpaired) electrons. The van der Waals surface area contributed by atoms with Gasteiger partial charge in [0, 0.05) is 36.3 Å². The molecule has 0 aliphatic heterocycles. The van der Waals surface area contributed by atoms with Crippen LogP contribution in [0.4, 0.5) is 8.78 Å². The summed E-state index contributed by atoms with van der Waals surface area (Å²) in [6.07, 6.45) is 0.169. The molecule has 0 saturated heterocycles. The Hall–Kier alpha value is -5.25. The van der Waals surface area contributed by atoms with Crippen molar-refractivity contribution in [1.82, 2.24) is 10.2 Å². The minimum atomic E-state index is -1.04. The molecule has 0 unspecified atom stereocenters. The second kappa shape index (κ2) is 15.5. The van der Waals surface area contributed by atoms with Crippen molar-refractivity contribution >= 4 is 17.8 Å².